The van der Waals surface area contributed by atoms with Gasteiger partial charge in [0.05, 0.1) is 5.69 Å². The third-order valence-corrected chi connectivity index (χ3v) is 3.99. The summed E-state index contributed by atoms with van der Waals surface area (Å²) in [5, 5.41) is 0.449. The summed E-state index contributed by atoms with van der Waals surface area (Å²) >= 11 is 6.04. The predicted octanol–water partition coefficient (Wildman–Crippen LogP) is 4.21. The molecule has 0 spiro atoms. The SMILES string of the molecule is COCc1nc(Cl)cc(-c2ccc(C3CCC3)cc2)n1. The van der Waals surface area contributed by atoms with Crippen LogP contribution in [0.5, 0.6) is 0 Å². The minimum absolute atomic E-state index is 0.369. The molecule has 0 unspecified atom stereocenters. The second-order valence-electron chi connectivity index (χ2n) is 5.17. The molecule has 1 heterocycles. The first-order valence-electron chi connectivity index (χ1n) is 6.89. The van der Waals surface area contributed by atoms with Crippen molar-refractivity contribution in [1.29, 1.82) is 0 Å². The van der Waals surface area contributed by atoms with Crippen molar-refractivity contribution in [3.63, 3.8) is 0 Å². The summed E-state index contributed by atoms with van der Waals surface area (Å²) in [6.07, 6.45) is 3.99. The van der Waals surface area contributed by atoms with Crippen LogP contribution in [0.15, 0.2) is 30.3 Å². The first kappa shape index (κ1) is 13.5. The highest BCUT2D eigenvalue weighted by Gasteiger charge is 2.19. The zero-order chi connectivity index (χ0) is 13.9. The molecule has 2 aromatic rings. The average molecular weight is 289 g/mol. The Morgan fingerprint density at radius 3 is 2.55 bits per heavy atom. The van der Waals surface area contributed by atoms with Gasteiger partial charge >= 0.3 is 0 Å². The average Bonchev–Trinajstić information content (AvgIpc) is 2.37. The zero-order valence-corrected chi connectivity index (χ0v) is 12.2. The van der Waals surface area contributed by atoms with Crippen molar-refractivity contribution in [2.75, 3.05) is 7.11 Å². The first-order valence-corrected chi connectivity index (χ1v) is 7.27. The van der Waals surface area contributed by atoms with Gasteiger partial charge < -0.3 is 4.74 Å². The van der Waals surface area contributed by atoms with E-state index in [9.17, 15) is 0 Å². The Morgan fingerprint density at radius 1 is 1.20 bits per heavy atom. The third-order valence-electron chi connectivity index (χ3n) is 3.80. The molecule has 0 amide bonds. The van der Waals surface area contributed by atoms with Crippen molar-refractivity contribution in [3.05, 3.63) is 46.9 Å². The lowest BCUT2D eigenvalue weighted by Gasteiger charge is -2.25. The second kappa shape index (κ2) is 5.90. The van der Waals surface area contributed by atoms with E-state index in [4.69, 9.17) is 16.3 Å². The van der Waals surface area contributed by atoms with E-state index in [0.29, 0.717) is 17.6 Å². The van der Waals surface area contributed by atoms with Gasteiger partial charge in [-0.2, -0.15) is 0 Å². The number of nitrogens with zero attached hydrogens (tertiary/aromatic N) is 2. The lowest BCUT2D eigenvalue weighted by atomic mass is 9.80. The third kappa shape index (κ3) is 2.84. The van der Waals surface area contributed by atoms with Crippen LogP contribution in [-0.2, 0) is 11.3 Å². The van der Waals surface area contributed by atoms with E-state index in [2.05, 4.69) is 34.2 Å². The van der Waals surface area contributed by atoms with E-state index >= 15 is 0 Å². The summed E-state index contributed by atoms with van der Waals surface area (Å²) in [5.41, 5.74) is 3.34. The number of ether oxygens (including phenoxy) is 1. The lowest BCUT2D eigenvalue weighted by Crippen LogP contribution is -2.08. The maximum absolute atomic E-state index is 6.04. The molecule has 1 aromatic carbocycles. The fraction of sp³-hybridized carbons (Fsp3) is 0.375. The molecule has 0 saturated heterocycles. The van der Waals surface area contributed by atoms with Gasteiger partial charge in [0.25, 0.3) is 0 Å². The van der Waals surface area contributed by atoms with Crippen LogP contribution in [0.3, 0.4) is 0 Å². The minimum Gasteiger partial charge on any atom is -0.377 e. The molecule has 3 rings (SSSR count). The smallest absolute Gasteiger partial charge is 0.156 e. The van der Waals surface area contributed by atoms with Crippen LogP contribution in [0.25, 0.3) is 11.3 Å². The molecule has 1 saturated carbocycles. The highest BCUT2D eigenvalue weighted by atomic mass is 35.5. The molecule has 20 heavy (non-hydrogen) atoms. The molecular weight excluding hydrogens is 272 g/mol. The molecule has 1 aromatic heterocycles. The Balaban J connectivity index is 1.87. The zero-order valence-electron chi connectivity index (χ0n) is 11.5. The van der Waals surface area contributed by atoms with E-state index in [-0.39, 0.29) is 0 Å². The van der Waals surface area contributed by atoms with Gasteiger partial charge in [-0.15, -0.1) is 0 Å². The molecule has 3 nitrogen and oxygen atoms in total. The normalized spacial score (nSPS) is 15.1. The molecule has 0 bridgehead atoms. The molecule has 0 atom stereocenters. The molecule has 0 aliphatic heterocycles. The van der Waals surface area contributed by atoms with Crippen molar-refractivity contribution in [2.24, 2.45) is 0 Å². The van der Waals surface area contributed by atoms with Gasteiger partial charge in [0, 0.05) is 18.7 Å². The number of hydrogen-bond donors (Lipinski definition) is 0. The Kier molecular flexibility index (Phi) is 3.99. The Morgan fingerprint density at radius 2 is 1.95 bits per heavy atom. The molecule has 1 aliphatic rings. The maximum Gasteiger partial charge on any atom is 0.156 e. The number of aromatic nitrogens is 2. The molecule has 1 fully saturated rings. The summed E-state index contributed by atoms with van der Waals surface area (Å²) in [5.74, 6) is 1.36. The standard InChI is InChI=1S/C16H17ClN2O/c1-20-10-16-18-14(9-15(17)19-16)13-7-5-12(6-8-13)11-3-2-4-11/h5-9,11H,2-4,10H2,1H3. The summed E-state index contributed by atoms with van der Waals surface area (Å²) in [4.78, 5) is 8.63. The van der Waals surface area contributed by atoms with Gasteiger partial charge in [0.15, 0.2) is 5.82 Å². The van der Waals surface area contributed by atoms with Crippen LogP contribution in [0, 0.1) is 0 Å². The molecule has 0 radical (unpaired) electrons. The Labute approximate surface area is 124 Å². The molecular formula is C16H17ClN2O. The van der Waals surface area contributed by atoms with E-state index in [1.54, 1.807) is 13.2 Å². The fourth-order valence-electron chi connectivity index (χ4n) is 2.47. The number of hydrogen-bond acceptors (Lipinski definition) is 3. The van der Waals surface area contributed by atoms with Crippen molar-refractivity contribution in [1.82, 2.24) is 9.97 Å². The fourth-order valence-corrected chi connectivity index (χ4v) is 2.67. The van der Waals surface area contributed by atoms with E-state index < -0.39 is 0 Å². The topological polar surface area (TPSA) is 35.0 Å². The van der Waals surface area contributed by atoms with Crippen LogP contribution in [-0.4, -0.2) is 17.1 Å². The van der Waals surface area contributed by atoms with Crippen molar-refractivity contribution in [2.45, 2.75) is 31.8 Å². The van der Waals surface area contributed by atoms with Crippen molar-refractivity contribution >= 4 is 11.6 Å². The highest BCUT2D eigenvalue weighted by Crippen LogP contribution is 2.36. The summed E-state index contributed by atoms with van der Waals surface area (Å²) in [6.45, 7) is 0.369. The summed E-state index contributed by atoms with van der Waals surface area (Å²) < 4.78 is 5.06. The lowest BCUT2D eigenvalue weighted by molar-refractivity contribution is 0.178. The second-order valence-corrected chi connectivity index (χ2v) is 5.56. The first-order chi connectivity index (χ1) is 9.76. The van der Waals surface area contributed by atoms with Crippen LogP contribution in [0.2, 0.25) is 5.15 Å². The monoisotopic (exact) mass is 288 g/mol. The van der Waals surface area contributed by atoms with Gasteiger partial charge in [-0.1, -0.05) is 42.3 Å². The summed E-state index contributed by atoms with van der Waals surface area (Å²) in [7, 11) is 1.62. The van der Waals surface area contributed by atoms with Crippen molar-refractivity contribution in [3.8, 4) is 11.3 Å². The highest BCUT2D eigenvalue weighted by molar-refractivity contribution is 6.29. The van der Waals surface area contributed by atoms with Crippen LogP contribution >= 0.6 is 11.6 Å². The largest absolute Gasteiger partial charge is 0.377 e. The van der Waals surface area contributed by atoms with E-state index in [0.717, 1.165) is 17.2 Å². The quantitative estimate of drug-likeness (QED) is 0.791. The molecule has 0 N–H and O–H groups in total. The van der Waals surface area contributed by atoms with Crippen LogP contribution in [0.4, 0.5) is 0 Å². The Bertz CT molecular complexity index is 594. The van der Waals surface area contributed by atoms with Crippen LogP contribution < -0.4 is 0 Å². The number of benzene rings is 1. The molecule has 104 valence electrons. The summed E-state index contributed by atoms with van der Waals surface area (Å²) in [6, 6.07) is 10.4. The number of rotatable bonds is 4. The predicted molar refractivity (Wildman–Crippen MR) is 79.8 cm³/mol. The minimum atomic E-state index is 0.369. The molecule has 4 heteroatoms. The van der Waals surface area contributed by atoms with Crippen LogP contribution in [0.1, 0.15) is 36.6 Å². The van der Waals surface area contributed by atoms with E-state index in [1.807, 2.05) is 0 Å². The van der Waals surface area contributed by atoms with Gasteiger partial charge in [-0.05, 0) is 24.3 Å². The number of halogens is 1. The van der Waals surface area contributed by atoms with Gasteiger partial charge in [-0.25, -0.2) is 9.97 Å². The van der Waals surface area contributed by atoms with Gasteiger partial charge in [0.2, 0.25) is 0 Å². The Hall–Kier alpha value is -1.45. The molecule has 1 aliphatic carbocycles. The van der Waals surface area contributed by atoms with Gasteiger partial charge in [0.1, 0.15) is 11.8 Å². The van der Waals surface area contributed by atoms with Gasteiger partial charge in [-0.3, -0.25) is 0 Å². The van der Waals surface area contributed by atoms with Crippen molar-refractivity contribution < 1.29 is 4.74 Å². The van der Waals surface area contributed by atoms with E-state index in [1.165, 1.54) is 24.8 Å². The maximum atomic E-state index is 6.04. The number of methoxy groups -OCH3 is 1.